The van der Waals surface area contributed by atoms with E-state index in [1.54, 1.807) is 0 Å². The van der Waals surface area contributed by atoms with E-state index in [9.17, 15) is 4.79 Å². The lowest BCUT2D eigenvalue weighted by Crippen LogP contribution is -2.31. The molecule has 0 aromatic heterocycles. The first-order valence-electron chi connectivity index (χ1n) is 6.31. The lowest BCUT2D eigenvalue weighted by atomic mass is 10.0. The van der Waals surface area contributed by atoms with Crippen molar-refractivity contribution in [2.75, 3.05) is 6.54 Å². The number of likely N-dealkylation sites (tertiary alicyclic amines) is 1. The van der Waals surface area contributed by atoms with Crippen molar-refractivity contribution in [1.29, 1.82) is 0 Å². The van der Waals surface area contributed by atoms with Gasteiger partial charge in [0.25, 0.3) is 0 Å². The fraction of sp³-hybridized carbons (Fsp3) is 0.500. The van der Waals surface area contributed by atoms with Crippen molar-refractivity contribution in [2.24, 2.45) is 5.92 Å². The van der Waals surface area contributed by atoms with Gasteiger partial charge in [-0.05, 0) is 43.4 Å². The molecule has 2 aliphatic rings. The van der Waals surface area contributed by atoms with Gasteiger partial charge in [-0.3, -0.25) is 4.79 Å². The monoisotopic (exact) mass is 249 g/mol. The van der Waals surface area contributed by atoms with Crippen LogP contribution >= 0.6 is 11.6 Å². The number of benzene rings is 1. The summed E-state index contributed by atoms with van der Waals surface area (Å²) in [5, 5.41) is 0.758. The van der Waals surface area contributed by atoms with Crippen molar-refractivity contribution in [2.45, 2.75) is 31.7 Å². The fourth-order valence-corrected chi connectivity index (χ4v) is 2.85. The molecule has 2 fully saturated rings. The van der Waals surface area contributed by atoms with Crippen molar-refractivity contribution >= 4 is 17.5 Å². The van der Waals surface area contributed by atoms with Gasteiger partial charge < -0.3 is 4.90 Å². The first kappa shape index (κ1) is 11.1. The van der Waals surface area contributed by atoms with Gasteiger partial charge in [-0.25, -0.2) is 0 Å². The number of carbonyl (C=O) groups is 1. The van der Waals surface area contributed by atoms with E-state index in [2.05, 4.69) is 11.0 Å². The summed E-state index contributed by atoms with van der Waals surface area (Å²) < 4.78 is 0. The molecule has 3 heteroatoms. The summed E-state index contributed by atoms with van der Waals surface area (Å²) in [6.07, 6.45) is 4.34. The highest BCUT2D eigenvalue weighted by Gasteiger charge is 2.38. The minimum Gasteiger partial charge on any atom is -0.335 e. The second-order valence-electron chi connectivity index (χ2n) is 5.02. The van der Waals surface area contributed by atoms with Crippen LogP contribution in [0.15, 0.2) is 24.3 Å². The van der Waals surface area contributed by atoms with Gasteiger partial charge in [-0.2, -0.15) is 0 Å². The Hall–Kier alpha value is -1.02. The maximum atomic E-state index is 12.2. The van der Waals surface area contributed by atoms with E-state index in [4.69, 9.17) is 11.6 Å². The molecule has 1 aliphatic heterocycles. The molecule has 2 nitrogen and oxygen atoms in total. The molecule has 0 radical (unpaired) electrons. The molecule has 3 rings (SSSR count). The molecule has 0 spiro atoms. The third-order valence-electron chi connectivity index (χ3n) is 3.70. The van der Waals surface area contributed by atoms with Gasteiger partial charge in [0.2, 0.25) is 5.91 Å². The predicted octanol–water partition coefficient (Wildman–Crippen LogP) is 3.41. The molecule has 1 atom stereocenters. The second kappa shape index (κ2) is 4.34. The van der Waals surface area contributed by atoms with Crippen molar-refractivity contribution in [1.82, 2.24) is 4.90 Å². The van der Waals surface area contributed by atoms with E-state index < -0.39 is 0 Å². The molecule has 1 heterocycles. The van der Waals surface area contributed by atoms with Gasteiger partial charge >= 0.3 is 0 Å². The molecular weight excluding hydrogens is 234 g/mol. The first-order valence-corrected chi connectivity index (χ1v) is 6.69. The number of hydrogen-bond acceptors (Lipinski definition) is 1. The van der Waals surface area contributed by atoms with Crippen LogP contribution in [0, 0.1) is 5.92 Å². The normalized spacial score (nSPS) is 24.1. The van der Waals surface area contributed by atoms with E-state index >= 15 is 0 Å². The maximum absolute atomic E-state index is 12.2. The van der Waals surface area contributed by atoms with Crippen LogP contribution in [0.1, 0.15) is 37.3 Å². The minimum absolute atomic E-state index is 0.252. The highest BCUT2D eigenvalue weighted by Crippen LogP contribution is 2.39. The van der Waals surface area contributed by atoms with E-state index in [1.165, 1.54) is 5.56 Å². The zero-order valence-electron chi connectivity index (χ0n) is 9.73. The molecule has 1 unspecified atom stereocenters. The smallest absolute Gasteiger partial charge is 0.226 e. The molecule has 1 saturated heterocycles. The van der Waals surface area contributed by atoms with Crippen molar-refractivity contribution < 1.29 is 4.79 Å². The Balaban J connectivity index is 1.83. The molecule has 17 heavy (non-hydrogen) atoms. The maximum Gasteiger partial charge on any atom is 0.226 e. The zero-order valence-corrected chi connectivity index (χ0v) is 10.5. The Kier molecular flexibility index (Phi) is 2.83. The Bertz CT molecular complexity index is 442. The van der Waals surface area contributed by atoms with E-state index in [0.717, 1.165) is 37.3 Å². The van der Waals surface area contributed by atoms with Crippen LogP contribution in [0.2, 0.25) is 5.02 Å². The van der Waals surface area contributed by atoms with Crippen molar-refractivity contribution in [3.05, 3.63) is 34.9 Å². The molecular formula is C14H16ClNO. The highest BCUT2D eigenvalue weighted by molar-refractivity contribution is 6.30. The number of carbonyl (C=O) groups excluding carboxylic acids is 1. The topological polar surface area (TPSA) is 20.3 Å². The Morgan fingerprint density at radius 1 is 1.29 bits per heavy atom. The largest absolute Gasteiger partial charge is 0.335 e. The number of hydrogen-bond donors (Lipinski definition) is 0. The lowest BCUT2D eigenvalue weighted by molar-refractivity contribution is -0.133. The fourth-order valence-electron chi connectivity index (χ4n) is 2.66. The zero-order chi connectivity index (χ0) is 11.8. The molecule has 90 valence electrons. The third-order valence-corrected chi connectivity index (χ3v) is 3.93. The van der Waals surface area contributed by atoms with Crippen LogP contribution in [0.4, 0.5) is 0 Å². The van der Waals surface area contributed by atoms with Crippen LogP contribution in [-0.4, -0.2) is 17.4 Å². The van der Waals surface area contributed by atoms with E-state index in [1.807, 2.05) is 18.2 Å². The van der Waals surface area contributed by atoms with Crippen LogP contribution < -0.4 is 0 Å². The number of amides is 1. The Morgan fingerprint density at radius 2 is 2.12 bits per heavy atom. The van der Waals surface area contributed by atoms with Crippen LogP contribution in [0.5, 0.6) is 0 Å². The first-order chi connectivity index (χ1) is 8.25. The number of nitrogens with zero attached hydrogens (tertiary/aromatic N) is 1. The lowest BCUT2D eigenvalue weighted by Gasteiger charge is -2.25. The Labute approximate surface area is 107 Å². The standard InChI is InChI=1S/C14H16ClNO/c15-12-4-1-3-11(9-12)13-5-2-8-16(13)14(17)10-6-7-10/h1,3-4,9-10,13H,2,5-8H2. The van der Waals surface area contributed by atoms with Gasteiger partial charge in [-0.1, -0.05) is 23.7 Å². The molecule has 1 aliphatic carbocycles. The van der Waals surface area contributed by atoms with Crippen molar-refractivity contribution in [3.8, 4) is 0 Å². The SMILES string of the molecule is O=C(C1CC1)N1CCCC1c1cccc(Cl)c1. The second-order valence-corrected chi connectivity index (χ2v) is 5.46. The average Bonchev–Trinajstić information content (AvgIpc) is 3.05. The number of rotatable bonds is 2. The van der Waals surface area contributed by atoms with Crippen LogP contribution in [0.3, 0.4) is 0 Å². The summed E-state index contributed by atoms with van der Waals surface area (Å²) in [4.78, 5) is 14.2. The third kappa shape index (κ3) is 2.19. The summed E-state index contributed by atoms with van der Waals surface area (Å²) in [6, 6.07) is 8.17. The quantitative estimate of drug-likeness (QED) is 0.787. The predicted molar refractivity (Wildman–Crippen MR) is 67.9 cm³/mol. The van der Waals surface area contributed by atoms with Crippen LogP contribution in [0.25, 0.3) is 0 Å². The van der Waals surface area contributed by atoms with Gasteiger partial charge in [0, 0.05) is 17.5 Å². The highest BCUT2D eigenvalue weighted by atomic mass is 35.5. The van der Waals surface area contributed by atoms with Gasteiger partial charge in [0.05, 0.1) is 6.04 Å². The Morgan fingerprint density at radius 3 is 2.82 bits per heavy atom. The number of halogens is 1. The van der Waals surface area contributed by atoms with Gasteiger partial charge in [0.1, 0.15) is 0 Å². The van der Waals surface area contributed by atoms with Gasteiger partial charge in [-0.15, -0.1) is 0 Å². The molecule has 1 amide bonds. The summed E-state index contributed by atoms with van der Waals surface area (Å²) in [5.41, 5.74) is 1.18. The minimum atomic E-state index is 0.252. The van der Waals surface area contributed by atoms with Crippen LogP contribution in [-0.2, 0) is 4.79 Å². The summed E-state index contributed by atoms with van der Waals surface area (Å²) in [6.45, 7) is 0.909. The van der Waals surface area contributed by atoms with Crippen molar-refractivity contribution in [3.63, 3.8) is 0 Å². The van der Waals surface area contributed by atoms with E-state index in [-0.39, 0.29) is 6.04 Å². The molecule has 1 aromatic rings. The molecule has 0 N–H and O–H groups in total. The van der Waals surface area contributed by atoms with Gasteiger partial charge in [0.15, 0.2) is 0 Å². The summed E-state index contributed by atoms with van der Waals surface area (Å²) >= 11 is 6.02. The molecule has 0 bridgehead atoms. The van der Waals surface area contributed by atoms with E-state index in [0.29, 0.717) is 11.8 Å². The summed E-state index contributed by atoms with van der Waals surface area (Å²) in [7, 11) is 0. The summed E-state index contributed by atoms with van der Waals surface area (Å²) in [5.74, 6) is 0.669. The molecule has 1 aromatic carbocycles. The molecule has 1 saturated carbocycles. The average molecular weight is 250 g/mol.